The summed E-state index contributed by atoms with van der Waals surface area (Å²) in [5.41, 5.74) is 0. The number of unbranched alkanes of at least 4 members (excludes halogenated alkanes) is 1. The first-order chi connectivity index (χ1) is 7.53. The Kier molecular flexibility index (Phi) is 5.72. The Morgan fingerprint density at radius 2 is 2.06 bits per heavy atom. The maximum Gasteiger partial charge on any atom is 0.211 e. The van der Waals surface area contributed by atoms with Gasteiger partial charge in [-0.05, 0) is 37.5 Å². The number of rotatable bonds is 7. The van der Waals surface area contributed by atoms with Gasteiger partial charge >= 0.3 is 0 Å². The van der Waals surface area contributed by atoms with E-state index in [-0.39, 0.29) is 12.4 Å². The van der Waals surface area contributed by atoms with Crippen LogP contribution in [-0.4, -0.2) is 32.4 Å². The summed E-state index contributed by atoms with van der Waals surface area (Å²) in [5.74, 6) is 1.39. The van der Waals surface area contributed by atoms with Gasteiger partial charge in [0, 0.05) is 13.2 Å². The zero-order valence-corrected chi connectivity index (χ0v) is 10.8. The lowest BCUT2D eigenvalue weighted by Gasteiger charge is -2.11. The quantitative estimate of drug-likeness (QED) is 0.664. The molecule has 1 rings (SSSR count). The molecule has 2 unspecified atom stereocenters. The van der Waals surface area contributed by atoms with Crippen LogP contribution < -0.4 is 4.72 Å². The van der Waals surface area contributed by atoms with Gasteiger partial charge in [0.1, 0.15) is 0 Å². The molecule has 0 spiro atoms. The number of hydrogen-bond acceptors (Lipinski definition) is 3. The molecule has 2 N–H and O–H groups in total. The summed E-state index contributed by atoms with van der Waals surface area (Å²) in [6.07, 6.45) is 4.59. The van der Waals surface area contributed by atoms with Crippen molar-refractivity contribution in [1.29, 1.82) is 0 Å². The molecule has 1 saturated carbocycles. The van der Waals surface area contributed by atoms with Crippen LogP contribution >= 0.6 is 0 Å². The Morgan fingerprint density at radius 3 is 2.62 bits per heavy atom. The van der Waals surface area contributed by atoms with E-state index in [0.717, 1.165) is 18.8 Å². The number of hydrogen-bond donors (Lipinski definition) is 2. The fraction of sp³-hybridized carbons (Fsp3) is 1.00. The molecule has 0 bridgehead atoms. The summed E-state index contributed by atoms with van der Waals surface area (Å²) < 4.78 is 25.8. The summed E-state index contributed by atoms with van der Waals surface area (Å²) in [6, 6.07) is 0. The first-order valence-electron chi connectivity index (χ1n) is 6.11. The van der Waals surface area contributed by atoms with Crippen LogP contribution in [0.4, 0.5) is 0 Å². The number of nitrogens with one attached hydrogen (secondary N) is 1. The molecule has 0 aliphatic heterocycles. The van der Waals surface area contributed by atoms with E-state index in [0.29, 0.717) is 25.3 Å². The molecule has 0 aromatic rings. The summed E-state index contributed by atoms with van der Waals surface area (Å²) in [5, 5.41) is 8.58. The van der Waals surface area contributed by atoms with Crippen molar-refractivity contribution < 1.29 is 13.5 Å². The van der Waals surface area contributed by atoms with Gasteiger partial charge in [0.05, 0.1) is 5.75 Å². The molecule has 96 valence electrons. The third-order valence-electron chi connectivity index (χ3n) is 3.22. The van der Waals surface area contributed by atoms with Crippen molar-refractivity contribution in [2.75, 3.05) is 18.9 Å². The van der Waals surface area contributed by atoms with E-state index in [4.69, 9.17) is 5.11 Å². The SMILES string of the molecule is CC1CCC(CNS(=O)(=O)CCCCO)C1. The molecule has 0 saturated heterocycles. The fourth-order valence-corrected chi connectivity index (χ4v) is 3.45. The Morgan fingerprint density at radius 1 is 1.31 bits per heavy atom. The first kappa shape index (κ1) is 13.9. The molecule has 0 amide bonds. The molecular weight excluding hydrogens is 226 g/mol. The number of aliphatic hydroxyl groups excluding tert-OH is 1. The van der Waals surface area contributed by atoms with Crippen molar-refractivity contribution in [3.8, 4) is 0 Å². The van der Waals surface area contributed by atoms with Crippen LogP contribution in [0.5, 0.6) is 0 Å². The zero-order chi connectivity index (χ0) is 12.0. The smallest absolute Gasteiger partial charge is 0.211 e. The maximum absolute atomic E-state index is 11.6. The lowest BCUT2D eigenvalue weighted by molar-refractivity contribution is 0.287. The molecule has 0 aromatic carbocycles. The van der Waals surface area contributed by atoms with E-state index in [2.05, 4.69) is 11.6 Å². The van der Waals surface area contributed by atoms with Crippen LogP contribution in [0.3, 0.4) is 0 Å². The Bertz CT molecular complexity index is 290. The Labute approximate surface area is 98.5 Å². The second kappa shape index (κ2) is 6.57. The zero-order valence-electron chi connectivity index (χ0n) is 9.98. The summed E-state index contributed by atoms with van der Waals surface area (Å²) in [4.78, 5) is 0. The fourth-order valence-electron chi connectivity index (χ4n) is 2.23. The highest BCUT2D eigenvalue weighted by Crippen LogP contribution is 2.29. The molecule has 2 atom stereocenters. The van der Waals surface area contributed by atoms with Crippen LogP contribution in [0.15, 0.2) is 0 Å². The van der Waals surface area contributed by atoms with E-state index >= 15 is 0 Å². The normalized spacial score (nSPS) is 26.1. The average Bonchev–Trinajstić information content (AvgIpc) is 2.62. The third-order valence-corrected chi connectivity index (χ3v) is 4.65. The first-order valence-corrected chi connectivity index (χ1v) is 7.77. The topological polar surface area (TPSA) is 66.4 Å². The predicted molar refractivity (Wildman–Crippen MR) is 64.6 cm³/mol. The highest BCUT2D eigenvalue weighted by molar-refractivity contribution is 7.89. The van der Waals surface area contributed by atoms with Crippen LogP contribution in [0.25, 0.3) is 0 Å². The monoisotopic (exact) mass is 249 g/mol. The van der Waals surface area contributed by atoms with Gasteiger partial charge in [-0.2, -0.15) is 0 Å². The minimum absolute atomic E-state index is 0.0651. The van der Waals surface area contributed by atoms with Crippen LogP contribution in [0.2, 0.25) is 0 Å². The predicted octanol–water partition coefficient (Wildman–Crippen LogP) is 1.11. The third kappa shape index (κ3) is 5.27. The lowest BCUT2D eigenvalue weighted by atomic mass is 10.1. The van der Waals surface area contributed by atoms with Gasteiger partial charge in [-0.3, -0.25) is 0 Å². The van der Waals surface area contributed by atoms with Gasteiger partial charge in [-0.1, -0.05) is 13.3 Å². The number of aliphatic hydroxyl groups is 1. The highest BCUT2D eigenvalue weighted by atomic mass is 32.2. The van der Waals surface area contributed by atoms with Crippen LogP contribution in [0.1, 0.15) is 39.0 Å². The molecule has 0 aromatic heterocycles. The second-order valence-corrected chi connectivity index (χ2v) is 6.81. The minimum atomic E-state index is -3.12. The van der Waals surface area contributed by atoms with Gasteiger partial charge in [0.15, 0.2) is 0 Å². The van der Waals surface area contributed by atoms with E-state index in [1.165, 1.54) is 6.42 Å². The van der Waals surface area contributed by atoms with E-state index in [9.17, 15) is 8.42 Å². The van der Waals surface area contributed by atoms with Gasteiger partial charge in [-0.15, -0.1) is 0 Å². The second-order valence-electron chi connectivity index (χ2n) is 4.88. The molecular formula is C11H23NO3S. The van der Waals surface area contributed by atoms with Crippen molar-refractivity contribution in [2.24, 2.45) is 11.8 Å². The standard InChI is InChI=1S/C11H23NO3S/c1-10-4-5-11(8-10)9-12-16(14,15)7-3-2-6-13/h10-13H,2-9H2,1H3. The maximum atomic E-state index is 11.6. The van der Waals surface area contributed by atoms with E-state index < -0.39 is 10.0 Å². The minimum Gasteiger partial charge on any atom is -0.396 e. The summed E-state index contributed by atoms with van der Waals surface area (Å²) >= 11 is 0. The average molecular weight is 249 g/mol. The largest absolute Gasteiger partial charge is 0.396 e. The molecule has 0 heterocycles. The van der Waals surface area contributed by atoms with E-state index in [1.807, 2.05) is 0 Å². The van der Waals surface area contributed by atoms with Crippen molar-refractivity contribution in [3.05, 3.63) is 0 Å². The molecule has 16 heavy (non-hydrogen) atoms. The van der Waals surface area contributed by atoms with Crippen LogP contribution in [0, 0.1) is 11.8 Å². The highest BCUT2D eigenvalue weighted by Gasteiger charge is 2.22. The molecule has 1 aliphatic carbocycles. The van der Waals surface area contributed by atoms with Gasteiger partial charge < -0.3 is 5.11 Å². The lowest BCUT2D eigenvalue weighted by Crippen LogP contribution is -2.30. The number of sulfonamides is 1. The van der Waals surface area contributed by atoms with Crippen molar-refractivity contribution >= 4 is 10.0 Å². The van der Waals surface area contributed by atoms with Crippen molar-refractivity contribution in [1.82, 2.24) is 4.72 Å². The van der Waals surface area contributed by atoms with Gasteiger partial charge in [0.25, 0.3) is 0 Å². The van der Waals surface area contributed by atoms with Crippen LogP contribution in [-0.2, 0) is 10.0 Å². The van der Waals surface area contributed by atoms with Gasteiger partial charge in [-0.25, -0.2) is 13.1 Å². The molecule has 4 nitrogen and oxygen atoms in total. The molecule has 1 fully saturated rings. The molecule has 1 aliphatic rings. The molecule has 0 radical (unpaired) electrons. The van der Waals surface area contributed by atoms with Crippen molar-refractivity contribution in [3.63, 3.8) is 0 Å². The summed E-state index contributed by atoms with van der Waals surface area (Å²) in [6.45, 7) is 2.87. The summed E-state index contributed by atoms with van der Waals surface area (Å²) in [7, 11) is -3.12. The van der Waals surface area contributed by atoms with E-state index in [1.54, 1.807) is 0 Å². The Balaban J connectivity index is 2.20. The molecule has 5 heteroatoms. The van der Waals surface area contributed by atoms with Gasteiger partial charge in [0.2, 0.25) is 10.0 Å². The Hall–Kier alpha value is -0.130. The van der Waals surface area contributed by atoms with Crippen molar-refractivity contribution in [2.45, 2.75) is 39.0 Å².